The predicted octanol–water partition coefficient (Wildman–Crippen LogP) is 2.62. The molecule has 0 bridgehead atoms. The van der Waals surface area contributed by atoms with Crippen LogP contribution in [0.2, 0.25) is 0 Å². The van der Waals surface area contributed by atoms with Crippen LogP contribution in [0.15, 0.2) is 0 Å². The number of carboxylic acids is 1. The second-order valence-electron chi connectivity index (χ2n) is 4.49. The first-order chi connectivity index (χ1) is 8.51. The van der Waals surface area contributed by atoms with Crippen molar-refractivity contribution in [1.29, 1.82) is 0 Å². The Balaban J connectivity index is 3.98. The van der Waals surface area contributed by atoms with Gasteiger partial charge in [-0.25, -0.2) is 4.39 Å². The molecular weight excluding hydrogens is 237 g/mol. The van der Waals surface area contributed by atoms with Gasteiger partial charge in [-0.05, 0) is 25.7 Å². The minimum atomic E-state index is -1.01. The Morgan fingerprint density at radius 2 is 1.89 bits per heavy atom. The van der Waals surface area contributed by atoms with E-state index in [1.54, 1.807) is 0 Å². The van der Waals surface area contributed by atoms with E-state index in [-0.39, 0.29) is 18.9 Å². The van der Waals surface area contributed by atoms with Gasteiger partial charge in [-0.1, -0.05) is 20.3 Å². The average Bonchev–Trinajstić information content (AvgIpc) is 2.28. The molecule has 1 amide bonds. The summed E-state index contributed by atoms with van der Waals surface area (Å²) in [7, 11) is 0. The Hall–Kier alpha value is -1.13. The highest BCUT2D eigenvalue weighted by molar-refractivity contribution is 5.81. The van der Waals surface area contributed by atoms with E-state index in [0.29, 0.717) is 25.8 Å². The van der Waals surface area contributed by atoms with Crippen LogP contribution in [0.1, 0.15) is 52.4 Å². The number of alkyl halides is 1. The summed E-state index contributed by atoms with van der Waals surface area (Å²) < 4.78 is 13.2. The van der Waals surface area contributed by atoms with Crippen LogP contribution in [0.4, 0.5) is 4.39 Å². The Kier molecular flexibility index (Phi) is 9.24. The van der Waals surface area contributed by atoms with Gasteiger partial charge in [-0.2, -0.15) is 0 Å². The summed E-state index contributed by atoms with van der Waals surface area (Å²) in [6.45, 7) is 3.99. The van der Waals surface area contributed by atoms with Gasteiger partial charge in [0, 0.05) is 13.0 Å². The van der Waals surface area contributed by atoms with Crippen LogP contribution in [-0.2, 0) is 9.59 Å². The number of carbonyl (C=O) groups is 2. The number of hydrogen-bond donors (Lipinski definition) is 1. The third-order valence-corrected chi connectivity index (χ3v) is 2.68. The van der Waals surface area contributed by atoms with Crippen molar-refractivity contribution < 1.29 is 19.1 Å². The molecule has 5 heteroatoms. The number of aliphatic carboxylic acids is 1. The fourth-order valence-corrected chi connectivity index (χ4v) is 1.82. The van der Waals surface area contributed by atoms with Crippen LogP contribution in [0.3, 0.4) is 0 Å². The molecular formula is C13H24FNO3. The number of amides is 1. The molecule has 0 rings (SSSR count). The van der Waals surface area contributed by atoms with Crippen molar-refractivity contribution in [2.75, 3.05) is 13.1 Å². The van der Waals surface area contributed by atoms with Crippen LogP contribution in [0, 0.1) is 0 Å². The lowest BCUT2D eigenvalue weighted by Crippen LogP contribution is -2.36. The second kappa shape index (κ2) is 9.85. The van der Waals surface area contributed by atoms with E-state index in [0.717, 1.165) is 12.8 Å². The van der Waals surface area contributed by atoms with Crippen molar-refractivity contribution in [3.05, 3.63) is 0 Å². The summed E-state index contributed by atoms with van der Waals surface area (Å²) in [5.74, 6) is -1.20. The smallest absolute Gasteiger partial charge is 0.323 e. The quantitative estimate of drug-likeness (QED) is 0.657. The largest absolute Gasteiger partial charge is 0.480 e. The molecule has 0 saturated heterocycles. The van der Waals surface area contributed by atoms with Gasteiger partial charge in [-0.3, -0.25) is 9.59 Å². The molecule has 0 radical (unpaired) electrons. The SMILES string of the molecule is CCCC(F)CCCC(=O)N(CCC)CC(=O)O. The molecule has 1 N–H and O–H groups in total. The third kappa shape index (κ3) is 8.03. The zero-order valence-electron chi connectivity index (χ0n) is 11.3. The van der Waals surface area contributed by atoms with E-state index in [1.807, 2.05) is 13.8 Å². The van der Waals surface area contributed by atoms with Gasteiger partial charge in [0.25, 0.3) is 0 Å². The molecule has 0 fully saturated rings. The molecule has 4 nitrogen and oxygen atoms in total. The van der Waals surface area contributed by atoms with Crippen molar-refractivity contribution in [3.63, 3.8) is 0 Å². The van der Waals surface area contributed by atoms with Crippen LogP contribution >= 0.6 is 0 Å². The molecule has 0 aliphatic heterocycles. The van der Waals surface area contributed by atoms with Gasteiger partial charge in [0.15, 0.2) is 0 Å². The van der Waals surface area contributed by atoms with E-state index in [4.69, 9.17) is 5.11 Å². The first-order valence-electron chi connectivity index (χ1n) is 6.64. The Labute approximate surface area is 108 Å². The maximum absolute atomic E-state index is 13.2. The molecule has 0 saturated carbocycles. The lowest BCUT2D eigenvalue weighted by Gasteiger charge is -2.20. The lowest BCUT2D eigenvalue weighted by atomic mass is 10.1. The summed E-state index contributed by atoms with van der Waals surface area (Å²) in [5, 5.41) is 8.69. The Bertz CT molecular complexity index is 259. The first kappa shape index (κ1) is 16.9. The molecule has 1 unspecified atom stereocenters. The lowest BCUT2D eigenvalue weighted by molar-refractivity contribution is -0.144. The zero-order valence-corrected chi connectivity index (χ0v) is 11.3. The topological polar surface area (TPSA) is 57.6 Å². The first-order valence-corrected chi connectivity index (χ1v) is 6.64. The molecule has 0 aromatic carbocycles. The maximum Gasteiger partial charge on any atom is 0.323 e. The third-order valence-electron chi connectivity index (χ3n) is 2.68. The fraction of sp³-hybridized carbons (Fsp3) is 0.846. The highest BCUT2D eigenvalue weighted by atomic mass is 19.1. The van der Waals surface area contributed by atoms with Crippen LogP contribution in [0.25, 0.3) is 0 Å². The van der Waals surface area contributed by atoms with Gasteiger partial charge in [-0.15, -0.1) is 0 Å². The van der Waals surface area contributed by atoms with Crippen molar-refractivity contribution in [1.82, 2.24) is 4.90 Å². The fourth-order valence-electron chi connectivity index (χ4n) is 1.82. The van der Waals surface area contributed by atoms with Crippen molar-refractivity contribution >= 4 is 11.9 Å². The average molecular weight is 261 g/mol. The molecule has 1 atom stereocenters. The Morgan fingerprint density at radius 1 is 1.22 bits per heavy atom. The number of rotatable bonds is 10. The van der Waals surface area contributed by atoms with E-state index >= 15 is 0 Å². The zero-order chi connectivity index (χ0) is 14.0. The minimum absolute atomic E-state index is 0.192. The standard InChI is InChI=1S/C13H24FNO3/c1-3-6-11(14)7-5-8-12(16)15(9-4-2)10-13(17)18/h11H,3-10H2,1-2H3,(H,17,18). The van der Waals surface area contributed by atoms with E-state index < -0.39 is 12.1 Å². The van der Waals surface area contributed by atoms with Gasteiger partial charge in [0.05, 0.1) is 0 Å². The number of halogens is 1. The number of nitrogens with zero attached hydrogens (tertiary/aromatic N) is 1. The molecule has 0 aromatic rings. The van der Waals surface area contributed by atoms with E-state index in [2.05, 4.69) is 0 Å². The van der Waals surface area contributed by atoms with Crippen molar-refractivity contribution in [3.8, 4) is 0 Å². The predicted molar refractivity (Wildman–Crippen MR) is 68.2 cm³/mol. The molecule has 0 aliphatic rings. The summed E-state index contributed by atoms with van der Waals surface area (Å²) in [4.78, 5) is 23.7. The van der Waals surface area contributed by atoms with Crippen LogP contribution in [0.5, 0.6) is 0 Å². The highest BCUT2D eigenvalue weighted by Gasteiger charge is 2.16. The monoisotopic (exact) mass is 261 g/mol. The minimum Gasteiger partial charge on any atom is -0.480 e. The van der Waals surface area contributed by atoms with Gasteiger partial charge in [0.2, 0.25) is 5.91 Å². The summed E-state index contributed by atoms with van der Waals surface area (Å²) in [6, 6.07) is 0. The summed E-state index contributed by atoms with van der Waals surface area (Å²) in [6.07, 6.45) is 2.31. The molecule has 0 heterocycles. The number of carbonyl (C=O) groups excluding carboxylic acids is 1. The van der Waals surface area contributed by atoms with Gasteiger partial charge in [0.1, 0.15) is 12.7 Å². The van der Waals surface area contributed by atoms with Crippen molar-refractivity contribution in [2.24, 2.45) is 0 Å². The second-order valence-corrected chi connectivity index (χ2v) is 4.49. The number of hydrogen-bond acceptors (Lipinski definition) is 2. The molecule has 0 aromatic heterocycles. The highest BCUT2D eigenvalue weighted by Crippen LogP contribution is 2.11. The van der Waals surface area contributed by atoms with Gasteiger partial charge < -0.3 is 10.0 Å². The molecule has 0 aliphatic carbocycles. The summed E-state index contributed by atoms with van der Waals surface area (Å²) >= 11 is 0. The van der Waals surface area contributed by atoms with E-state index in [9.17, 15) is 14.0 Å². The molecule has 0 spiro atoms. The van der Waals surface area contributed by atoms with E-state index in [1.165, 1.54) is 4.90 Å². The number of carboxylic acid groups (broad SMARTS) is 1. The van der Waals surface area contributed by atoms with Crippen LogP contribution < -0.4 is 0 Å². The Morgan fingerprint density at radius 3 is 2.39 bits per heavy atom. The molecule has 18 heavy (non-hydrogen) atoms. The van der Waals surface area contributed by atoms with Crippen molar-refractivity contribution in [2.45, 2.75) is 58.5 Å². The van der Waals surface area contributed by atoms with Crippen LogP contribution in [-0.4, -0.2) is 41.1 Å². The molecule has 106 valence electrons. The maximum atomic E-state index is 13.2. The summed E-state index contributed by atoms with van der Waals surface area (Å²) in [5.41, 5.74) is 0. The normalized spacial score (nSPS) is 12.2. The van der Waals surface area contributed by atoms with Gasteiger partial charge >= 0.3 is 5.97 Å².